The Morgan fingerprint density at radius 3 is 2.67 bits per heavy atom. The van der Waals surface area contributed by atoms with E-state index in [9.17, 15) is 22.4 Å². The fourth-order valence-corrected chi connectivity index (χ4v) is 4.16. The summed E-state index contributed by atoms with van der Waals surface area (Å²) in [7, 11) is -3.06. The Hall–Kier alpha value is -1.96. The van der Waals surface area contributed by atoms with Gasteiger partial charge >= 0.3 is 5.97 Å². The molecule has 1 amide bonds. The molecule has 0 spiro atoms. The van der Waals surface area contributed by atoms with E-state index in [1.54, 1.807) is 0 Å². The highest BCUT2D eigenvalue weighted by Crippen LogP contribution is 2.23. The smallest absolute Gasteiger partial charge is 0.337 e. The van der Waals surface area contributed by atoms with Crippen LogP contribution in [0.2, 0.25) is 0 Å². The summed E-state index contributed by atoms with van der Waals surface area (Å²) in [5, 5.41) is 11.4. The van der Waals surface area contributed by atoms with Crippen molar-refractivity contribution in [3.05, 3.63) is 29.6 Å². The predicted molar refractivity (Wildman–Crippen MR) is 73.4 cm³/mol. The number of nitrogens with one attached hydrogen (secondary N) is 1. The number of sulfone groups is 1. The van der Waals surface area contributed by atoms with Crippen molar-refractivity contribution in [1.82, 2.24) is 0 Å². The topological polar surface area (TPSA) is 101 Å². The van der Waals surface area contributed by atoms with E-state index in [1.807, 2.05) is 0 Å². The molecule has 1 aromatic rings. The maximum Gasteiger partial charge on any atom is 0.337 e. The van der Waals surface area contributed by atoms with Crippen LogP contribution in [0.4, 0.5) is 10.1 Å². The molecule has 1 saturated heterocycles. The summed E-state index contributed by atoms with van der Waals surface area (Å²) in [4.78, 5) is 22.8. The molecule has 1 heterocycles. The lowest BCUT2D eigenvalue weighted by molar-refractivity contribution is -0.116. The van der Waals surface area contributed by atoms with E-state index in [1.165, 1.54) is 6.07 Å². The summed E-state index contributed by atoms with van der Waals surface area (Å²) < 4.78 is 35.6. The van der Waals surface area contributed by atoms with E-state index in [-0.39, 0.29) is 35.1 Å². The normalized spacial score (nSPS) is 20.1. The number of amides is 1. The maximum atomic E-state index is 13.0. The summed E-state index contributed by atoms with van der Waals surface area (Å²) in [6.07, 6.45) is 0.417. The molecule has 1 aliphatic heterocycles. The van der Waals surface area contributed by atoms with Crippen molar-refractivity contribution in [2.75, 3.05) is 16.8 Å². The molecule has 0 aromatic heterocycles. The van der Waals surface area contributed by atoms with Crippen LogP contribution >= 0.6 is 0 Å². The molecule has 8 heteroatoms. The van der Waals surface area contributed by atoms with Crippen molar-refractivity contribution in [1.29, 1.82) is 0 Å². The molecule has 0 aliphatic carbocycles. The van der Waals surface area contributed by atoms with Gasteiger partial charge in [0.05, 0.1) is 22.8 Å². The number of hydrogen-bond acceptors (Lipinski definition) is 4. The first-order valence-electron chi connectivity index (χ1n) is 6.30. The van der Waals surface area contributed by atoms with Gasteiger partial charge in [-0.15, -0.1) is 0 Å². The summed E-state index contributed by atoms with van der Waals surface area (Å²) >= 11 is 0. The van der Waals surface area contributed by atoms with Gasteiger partial charge in [0, 0.05) is 6.42 Å². The third-order valence-corrected chi connectivity index (χ3v) is 5.12. The molecule has 1 unspecified atom stereocenters. The lowest BCUT2D eigenvalue weighted by atomic mass is 10.0. The molecule has 1 aromatic carbocycles. The van der Waals surface area contributed by atoms with Crippen LogP contribution in [-0.2, 0) is 14.6 Å². The molecule has 1 aliphatic rings. The van der Waals surface area contributed by atoms with Crippen molar-refractivity contribution in [3.8, 4) is 0 Å². The third kappa shape index (κ3) is 4.01. The molecule has 1 atom stereocenters. The Morgan fingerprint density at radius 2 is 2.10 bits per heavy atom. The molecule has 2 N–H and O–H groups in total. The van der Waals surface area contributed by atoms with E-state index < -0.39 is 27.5 Å². The molecule has 0 saturated carbocycles. The predicted octanol–water partition coefficient (Wildman–Crippen LogP) is 1.29. The first-order valence-corrected chi connectivity index (χ1v) is 8.12. The standard InChI is InChI=1S/C13H14FNO5S/c14-9-1-2-11(10(6-9)13(17)18)15-12(16)5-8-3-4-21(19,20)7-8/h1-2,6,8H,3-5,7H2,(H,15,16)(H,17,18). The number of hydrogen-bond donors (Lipinski definition) is 2. The van der Waals surface area contributed by atoms with E-state index in [2.05, 4.69) is 5.32 Å². The molecule has 6 nitrogen and oxygen atoms in total. The molecular weight excluding hydrogens is 301 g/mol. The summed E-state index contributed by atoms with van der Waals surface area (Å²) in [6.45, 7) is 0. The molecule has 1 fully saturated rings. The van der Waals surface area contributed by atoms with Crippen LogP contribution in [0.3, 0.4) is 0 Å². The largest absolute Gasteiger partial charge is 0.478 e. The minimum atomic E-state index is -3.06. The van der Waals surface area contributed by atoms with Crippen molar-refractivity contribution < 1.29 is 27.5 Å². The number of carboxylic acid groups (broad SMARTS) is 1. The van der Waals surface area contributed by atoms with E-state index >= 15 is 0 Å². The van der Waals surface area contributed by atoms with E-state index in [0.29, 0.717) is 6.42 Å². The van der Waals surface area contributed by atoms with Crippen LogP contribution in [0.5, 0.6) is 0 Å². The number of carboxylic acids is 1. The lowest BCUT2D eigenvalue weighted by Gasteiger charge is -2.11. The van der Waals surface area contributed by atoms with E-state index in [4.69, 9.17) is 5.11 Å². The second-order valence-corrected chi connectivity index (χ2v) is 7.25. The first-order chi connectivity index (χ1) is 9.77. The Labute approximate surface area is 120 Å². The Bertz CT molecular complexity index is 686. The molecule has 0 bridgehead atoms. The molecule has 0 radical (unpaired) electrons. The Morgan fingerprint density at radius 1 is 1.38 bits per heavy atom. The fourth-order valence-electron chi connectivity index (χ4n) is 2.30. The number of anilines is 1. The number of carbonyl (C=O) groups is 2. The average molecular weight is 315 g/mol. The minimum absolute atomic E-state index is 0.00430. The lowest BCUT2D eigenvalue weighted by Crippen LogP contribution is -2.19. The quantitative estimate of drug-likeness (QED) is 0.872. The van der Waals surface area contributed by atoms with Gasteiger partial charge in [-0.3, -0.25) is 4.79 Å². The number of rotatable bonds is 4. The van der Waals surface area contributed by atoms with Gasteiger partial charge in [0.1, 0.15) is 5.82 Å². The number of benzene rings is 1. The maximum absolute atomic E-state index is 13.0. The van der Waals surface area contributed by atoms with Crippen LogP contribution in [-0.4, -0.2) is 36.9 Å². The number of carbonyl (C=O) groups excluding carboxylic acids is 1. The van der Waals surface area contributed by atoms with Gasteiger partial charge in [-0.1, -0.05) is 0 Å². The Kier molecular flexibility index (Phi) is 4.26. The highest BCUT2D eigenvalue weighted by Gasteiger charge is 2.29. The van der Waals surface area contributed by atoms with Crippen LogP contribution < -0.4 is 5.32 Å². The monoisotopic (exact) mass is 315 g/mol. The third-order valence-electron chi connectivity index (χ3n) is 3.29. The molecule has 2 rings (SSSR count). The summed E-state index contributed by atoms with van der Waals surface area (Å²) in [5.41, 5.74) is -0.350. The van der Waals surface area contributed by atoms with Gasteiger partial charge in [0.2, 0.25) is 5.91 Å². The van der Waals surface area contributed by atoms with Crippen molar-refractivity contribution in [2.24, 2.45) is 5.92 Å². The highest BCUT2D eigenvalue weighted by atomic mass is 32.2. The van der Waals surface area contributed by atoms with Gasteiger partial charge in [0.15, 0.2) is 9.84 Å². The first kappa shape index (κ1) is 15.4. The van der Waals surface area contributed by atoms with Gasteiger partial charge < -0.3 is 10.4 Å². The van der Waals surface area contributed by atoms with Crippen molar-refractivity contribution in [3.63, 3.8) is 0 Å². The average Bonchev–Trinajstić information content (AvgIpc) is 2.70. The van der Waals surface area contributed by atoms with Crippen molar-refractivity contribution >= 4 is 27.4 Å². The molecule has 21 heavy (non-hydrogen) atoms. The van der Waals surface area contributed by atoms with Crippen molar-refractivity contribution in [2.45, 2.75) is 12.8 Å². The minimum Gasteiger partial charge on any atom is -0.478 e. The SMILES string of the molecule is O=C(CC1CCS(=O)(=O)C1)Nc1ccc(F)cc1C(=O)O. The van der Waals surface area contributed by atoms with E-state index in [0.717, 1.165) is 12.1 Å². The fraction of sp³-hybridized carbons (Fsp3) is 0.385. The molecular formula is C13H14FNO5S. The second kappa shape index (κ2) is 5.80. The van der Waals surface area contributed by atoms with Gasteiger partial charge in [-0.05, 0) is 30.5 Å². The highest BCUT2D eigenvalue weighted by molar-refractivity contribution is 7.91. The van der Waals surface area contributed by atoms with Gasteiger partial charge in [-0.2, -0.15) is 0 Å². The number of halogens is 1. The van der Waals surface area contributed by atoms with Gasteiger partial charge in [0.25, 0.3) is 0 Å². The summed E-state index contributed by atoms with van der Waals surface area (Å²) in [5.74, 6) is -2.77. The van der Waals surface area contributed by atoms with Crippen LogP contribution in [0.1, 0.15) is 23.2 Å². The molecule has 114 valence electrons. The second-order valence-electron chi connectivity index (χ2n) is 5.02. The van der Waals surface area contributed by atoms with Crippen LogP contribution in [0, 0.1) is 11.7 Å². The van der Waals surface area contributed by atoms with Crippen LogP contribution in [0.25, 0.3) is 0 Å². The zero-order valence-corrected chi connectivity index (χ0v) is 11.8. The number of aromatic carboxylic acids is 1. The zero-order chi connectivity index (χ0) is 15.6. The van der Waals surface area contributed by atoms with Gasteiger partial charge in [-0.25, -0.2) is 17.6 Å². The Balaban J connectivity index is 2.05. The van der Waals surface area contributed by atoms with Crippen LogP contribution in [0.15, 0.2) is 18.2 Å². The zero-order valence-electron chi connectivity index (χ0n) is 11.0. The summed E-state index contributed by atoms with van der Waals surface area (Å²) in [6, 6.07) is 3.03.